The molecule has 0 atom stereocenters. The number of pyridine rings is 1. The van der Waals surface area contributed by atoms with Crippen LogP contribution in [0.3, 0.4) is 0 Å². The van der Waals surface area contributed by atoms with Gasteiger partial charge in [-0.3, -0.25) is 14.6 Å². The Morgan fingerprint density at radius 1 is 1.11 bits per heavy atom. The van der Waals surface area contributed by atoms with Crippen molar-refractivity contribution in [3.05, 3.63) is 59.9 Å². The molecule has 1 aromatic carbocycles. The molecule has 0 spiro atoms. The predicted octanol–water partition coefficient (Wildman–Crippen LogP) is 3.56. The number of hydroxylamine groups is 1. The number of nitrogens with one attached hydrogen (secondary N) is 2. The van der Waals surface area contributed by atoms with Crippen molar-refractivity contribution in [1.82, 2.24) is 10.5 Å². The smallest absolute Gasteiger partial charge is 0.276 e. The zero-order chi connectivity index (χ0) is 18.9. The molecular formula is C21H27N3O3. The lowest BCUT2D eigenvalue weighted by molar-refractivity contribution is -0.00561. The molecule has 6 nitrogen and oxygen atoms in total. The van der Waals surface area contributed by atoms with Gasteiger partial charge in [-0.1, -0.05) is 12.1 Å². The normalized spacial score (nSPS) is 19.4. The molecule has 1 saturated carbocycles. The van der Waals surface area contributed by atoms with E-state index in [1.54, 1.807) is 25.6 Å². The van der Waals surface area contributed by atoms with Gasteiger partial charge in [0, 0.05) is 31.7 Å². The van der Waals surface area contributed by atoms with Crippen LogP contribution in [0.2, 0.25) is 0 Å². The van der Waals surface area contributed by atoms with Gasteiger partial charge < -0.3 is 10.1 Å². The number of aromatic nitrogens is 1. The van der Waals surface area contributed by atoms with Crippen LogP contribution in [0.1, 0.15) is 41.6 Å². The number of methoxy groups -OCH3 is 1. The average Bonchev–Trinajstić information content (AvgIpc) is 2.73. The summed E-state index contributed by atoms with van der Waals surface area (Å²) in [6, 6.07) is 11.3. The molecule has 6 heteroatoms. The van der Waals surface area contributed by atoms with Crippen LogP contribution in [0.4, 0.5) is 5.69 Å². The van der Waals surface area contributed by atoms with Gasteiger partial charge in [-0.15, -0.1) is 0 Å². The molecule has 1 amide bonds. The summed E-state index contributed by atoms with van der Waals surface area (Å²) >= 11 is 0. The summed E-state index contributed by atoms with van der Waals surface area (Å²) in [7, 11) is 1.77. The van der Waals surface area contributed by atoms with Crippen molar-refractivity contribution in [2.75, 3.05) is 19.0 Å². The van der Waals surface area contributed by atoms with Crippen molar-refractivity contribution in [3.8, 4) is 0 Å². The van der Waals surface area contributed by atoms with E-state index in [9.17, 15) is 4.79 Å². The third-order valence-corrected chi connectivity index (χ3v) is 5.02. The summed E-state index contributed by atoms with van der Waals surface area (Å²) in [6.45, 7) is 1.16. The van der Waals surface area contributed by atoms with Crippen LogP contribution in [-0.2, 0) is 16.1 Å². The molecule has 2 aromatic rings. The van der Waals surface area contributed by atoms with Crippen LogP contribution in [0.15, 0.2) is 48.8 Å². The Labute approximate surface area is 160 Å². The van der Waals surface area contributed by atoms with Crippen molar-refractivity contribution < 1.29 is 14.4 Å². The molecule has 1 fully saturated rings. The van der Waals surface area contributed by atoms with E-state index in [1.165, 1.54) is 0 Å². The second-order valence-electron chi connectivity index (χ2n) is 6.88. The molecule has 3 rings (SSSR count). The Balaban J connectivity index is 1.48. The van der Waals surface area contributed by atoms with Crippen LogP contribution in [0.5, 0.6) is 0 Å². The lowest BCUT2D eigenvalue weighted by atomic mass is 9.88. The minimum absolute atomic E-state index is 0.238. The molecule has 0 bridgehead atoms. The molecule has 0 saturated heterocycles. The van der Waals surface area contributed by atoms with E-state index in [4.69, 9.17) is 9.57 Å². The number of ether oxygens (including phenoxy) is 1. The molecule has 0 unspecified atom stereocenters. The summed E-state index contributed by atoms with van der Waals surface area (Å²) in [5.74, 6) is 0.232. The van der Waals surface area contributed by atoms with Gasteiger partial charge >= 0.3 is 0 Å². The van der Waals surface area contributed by atoms with Gasteiger partial charge in [-0.2, -0.15) is 0 Å². The van der Waals surface area contributed by atoms with E-state index < -0.39 is 0 Å². The Bertz CT molecular complexity index is 716. The van der Waals surface area contributed by atoms with Gasteiger partial charge in [0.15, 0.2) is 0 Å². The highest BCUT2D eigenvalue weighted by Gasteiger charge is 2.21. The number of carbonyl (C=O) groups is 1. The van der Waals surface area contributed by atoms with E-state index in [2.05, 4.69) is 15.8 Å². The van der Waals surface area contributed by atoms with Crippen molar-refractivity contribution in [2.24, 2.45) is 5.92 Å². The first-order valence-electron chi connectivity index (χ1n) is 9.43. The molecular weight excluding hydrogens is 342 g/mol. The van der Waals surface area contributed by atoms with Crippen LogP contribution in [-0.4, -0.2) is 30.7 Å². The zero-order valence-corrected chi connectivity index (χ0v) is 15.7. The number of hydrogen-bond acceptors (Lipinski definition) is 5. The fourth-order valence-electron chi connectivity index (χ4n) is 3.35. The van der Waals surface area contributed by atoms with Gasteiger partial charge in [0.1, 0.15) is 0 Å². The van der Waals surface area contributed by atoms with Crippen LogP contribution in [0, 0.1) is 5.92 Å². The Hall–Kier alpha value is -2.44. The van der Waals surface area contributed by atoms with E-state index in [0.717, 1.165) is 36.9 Å². The van der Waals surface area contributed by atoms with E-state index in [1.807, 2.05) is 30.3 Å². The first-order valence-corrected chi connectivity index (χ1v) is 9.43. The maximum absolute atomic E-state index is 12.5. The van der Waals surface area contributed by atoms with Crippen LogP contribution < -0.4 is 10.8 Å². The molecule has 1 aromatic heterocycles. The number of rotatable bonds is 8. The first kappa shape index (κ1) is 19.3. The minimum atomic E-state index is -0.238. The first-order chi connectivity index (χ1) is 13.3. The fourth-order valence-corrected chi connectivity index (χ4v) is 3.35. The lowest BCUT2D eigenvalue weighted by Gasteiger charge is -2.27. The Morgan fingerprint density at radius 3 is 2.59 bits per heavy atom. The SMILES string of the molecule is COC1CCC(CONC(=O)c2ccccc2NCc2ccncc2)CC1. The highest BCUT2D eigenvalue weighted by molar-refractivity contribution is 5.98. The summed E-state index contributed by atoms with van der Waals surface area (Å²) < 4.78 is 5.39. The molecule has 0 radical (unpaired) electrons. The average molecular weight is 369 g/mol. The maximum atomic E-state index is 12.5. The standard InChI is InChI=1S/C21H27N3O3/c1-26-18-8-6-17(7-9-18)15-27-24-21(25)19-4-2-3-5-20(19)23-14-16-10-12-22-13-11-16/h2-5,10-13,17-18,23H,6-9,14-15H2,1H3,(H,24,25). The fraction of sp³-hybridized carbons (Fsp3) is 0.429. The summed E-state index contributed by atoms with van der Waals surface area (Å²) in [5.41, 5.74) is 5.03. The number of nitrogens with zero attached hydrogens (tertiary/aromatic N) is 1. The molecule has 0 aliphatic heterocycles. The lowest BCUT2D eigenvalue weighted by Crippen LogP contribution is -2.29. The van der Waals surface area contributed by atoms with E-state index >= 15 is 0 Å². The van der Waals surface area contributed by atoms with Gasteiger partial charge in [-0.25, -0.2) is 5.48 Å². The largest absolute Gasteiger partial charge is 0.381 e. The number of amides is 1. The van der Waals surface area contributed by atoms with Gasteiger partial charge in [0.05, 0.1) is 18.3 Å². The van der Waals surface area contributed by atoms with Crippen LogP contribution in [0.25, 0.3) is 0 Å². The third kappa shape index (κ3) is 5.77. The molecule has 144 valence electrons. The number of benzene rings is 1. The van der Waals surface area contributed by atoms with Crippen molar-refractivity contribution in [1.29, 1.82) is 0 Å². The monoisotopic (exact) mass is 369 g/mol. The summed E-state index contributed by atoms with van der Waals surface area (Å²) in [4.78, 5) is 22.0. The van der Waals surface area contributed by atoms with Crippen molar-refractivity contribution >= 4 is 11.6 Å². The quantitative estimate of drug-likeness (QED) is 0.696. The zero-order valence-electron chi connectivity index (χ0n) is 15.7. The van der Waals surface area contributed by atoms with Crippen molar-refractivity contribution in [2.45, 2.75) is 38.3 Å². The van der Waals surface area contributed by atoms with Crippen molar-refractivity contribution in [3.63, 3.8) is 0 Å². The molecule has 27 heavy (non-hydrogen) atoms. The molecule has 1 heterocycles. The number of hydrogen-bond donors (Lipinski definition) is 2. The molecule has 2 N–H and O–H groups in total. The van der Waals surface area contributed by atoms with Crippen LogP contribution >= 0.6 is 0 Å². The summed E-state index contributed by atoms with van der Waals surface area (Å²) in [6.07, 6.45) is 8.12. The Kier molecular flexibility index (Phi) is 7.19. The molecule has 1 aliphatic carbocycles. The molecule has 1 aliphatic rings. The number of carbonyl (C=O) groups excluding carboxylic acids is 1. The second-order valence-corrected chi connectivity index (χ2v) is 6.88. The third-order valence-electron chi connectivity index (χ3n) is 5.02. The summed E-state index contributed by atoms with van der Waals surface area (Å²) in [5, 5.41) is 3.30. The van der Waals surface area contributed by atoms with Gasteiger partial charge in [0.25, 0.3) is 5.91 Å². The maximum Gasteiger partial charge on any atom is 0.276 e. The highest BCUT2D eigenvalue weighted by atomic mass is 16.7. The van der Waals surface area contributed by atoms with Gasteiger partial charge in [-0.05, 0) is 61.4 Å². The van der Waals surface area contributed by atoms with E-state index in [0.29, 0.717) is 30.7 Å². The predicted molar refractivity (Wildman–Crippen MR) is 104 cm³/mol. The number of anilines is 1. The number of para-hydroxylation sites is 1. The topological polar surface area (TPSA) is 72.5 Å². The van der Waals surface area contributed by atoms with Gasteiger partial charge in [0.2, 0.25) is 0 Å². The minimum Gasteiger partial charge on any atom is -0.381 e. The highest BCUT2D eigenvalue weighted by Crippen LogP contribution is 2.25. The Morgan fingerprint density at radius 2 is 1.85 bits per heavy atom. The second kappa shape index (κ2) is 10.0. The van der Waals surface area contributed by atoms with E-state index in [-0.39, 0.29) is 5.91 Å².